The van der Waals surface area contributed by atoms with Crippen LogP contribution in [-0.4, -0.2) is 11.6 Å². The molecule has 0 saturated heterocycles. The van der Waals surface area contributed by atoms with Gasteiger partial charge in [-0.3, -0.25) is 0 Å². The van der Waals surface area contributed by atoms with Gasteiger partial charge < -0.3 is 4.74 Å². The van der Waals surface area contributed by atoms with Gasteiger partial charge >= 0.3 is 0 Å². The van der Waals surface area contributed by atoms with Crippen LogP contribution in [0, 0.1) is 11.8 Å². The molecule has 2 rings (SSSR count). The molecule has 2 unspecified atom stereocenters. The van der Waals surface area contributed by atoms with Crippen LogP contribution < -0.4 is 0 Å². The highest BCUT2D eigenvalue weighted by Crippen LogP contribution is 2.25. The SMILES string of the molecule is CC1CC=CCC1COCc1cccc(Cl)n1. The smallest absolute Gasteiger partial charge is 0.129 e. The number of hydrogen-bond acceptors (Lipinski definition) is 2. The van der Waals surface area contributed by atoms with Crippen molar-refractivity contribution in [1.82, 2.24) is 4.98 Å². The van der Waals surface area contributed by atoms with Crippen molar-refractivity contribution in [3.8, 4) is 0 Å². The van der Waals surface area contributed by atoms with Crippen LogP contribution in [0.1, 0.15) is 25.5 Å². The zero-order valence-electron chi connectivity index (χ0n) is 10.1. The lowest BCUT2D eigenvalue weighted by molar-refractivity contribution is 0.0662. The first-order valence-electron chi connectivity index (χ1n) is 6.10. The molecule has 0 amide bonds. The molecule has 17 heavy (non-hydrogen) atoms. The highest BCUT2D eigenvalue weighted by molar-refractivity contribution is 6.29. The number of nitrogens with zero attached hydrogens (tertiary/aromatic N) is 1. The minimum Gasteiger partial charge on any atom is -0.375 e. The van der Waals surface area contributed by atoms with Crippen molar-refractivity contribution < 1.29 is 4.74 Å². The Hall–Kier alpha value is -0.860. The average molecular weight is 252 g/mol. The van der Waals surface area contributed by atoms with Crippen molar-refractivity contribution in [2.45, 2.75) is 26.4 Å². The quantitative estimate of drug-likeness (QED) is 0.599. The maximum absolute atomic E-state index is 5.82. The van der Waals surface area contributed by atoms with Crippen molar-refractivity contribution in [2.75, 3.05) is 6.61 Å². The minimum atomic E-state index is 0.528. The van der Waals surface area contributed by atoms with Crippen molar-refractivity contribution in [2.24, 2.45) is 11.8 Å². The molecule has 0 aliphatic heterocycles. The van der Waals surface area contributed by atoms with E-state index in [1.807, 2.05) is 12.1 Å². The van der Waals surface area contributed by atoms with Gasteiger partial charge in [0.1, 0.15) is 5.15 Å². The topological polar surface area (TPSA) is 22.1 Å². The van der Waals surface area contributed by atoms with E-state index in [2.05, 4.69) is 24.1 Å². The highest BCUT2D eigenvalue weighted by atomic mass is 35.5. The molecule has 0 N–H and O–H groups in total. The number of allylic oxidation sites excluding steroid dienone is 2. The van der Waals surface area contributed by atoms with E-state index in [4.69, 9.17) is 16.3 Å². The number of ether oxygens (including phenoxy) is 1. The number of halogens is 1. The molecule has 1 aliphatic rings. The van der Waals surface area contributed by atoms with Gasteiger partial charge in [-0.25, -0.2) is 4.98 Å². The Balaban J connectivity index is 1.77. The summed E-state index contributed by atoms with van der Waals surface area (Å²) in [4.78, 5) is 4.20. The van der Waals surface area contributed by atoms with Crippen molar-refractivity contribution in [3.63, 3.8) is 0 Å². The summed E-state index contributed by atoms with van der Waals surface area (Å²) in [5, 5.41) is 0.528. The molecule has 1 heterocycles. The first-order valence-corrected chi connectivity index (χ1v) is 6.47. The van der Waals surface area contributed by atoms with Gasteiger partial charge in [0.05, 0.1) is 18.9 Å². The predicted molar refractivity (Wildman–Crippen MR) is 69.9 cm³/mol. The van der Waals surface area contributed by atoms with Gasteiger partial charge in [-0.2, -0.15) is 0 Å². The zero-order valence-corrected chi connectivity index (χ0v) is 10.9. The van der Waals surface area contributed by atoms with Crippen molar-refractivity contribution in [3.05, 3.63) is 41.2 Å². The first kappa shape index (κ1) is 12.6. The number of pyridine rings is 1. The zero-order chi connectivity index (χ0) is 12.1. The Morgan fingerprint density at radius 2 is 2.18 bits per heavy atom. The van der Waals surface area contributed by atoms with Crippen LogP contribution in [0.15, 0.2) is 30.4 Å². The van der Waals surface area contributed by atoms with E-state index in [0.717, 1.165) is 18.7 Å². The molecule has 2 nitrogen and oxygen atoms in total. The van der Waals surface area contributed by atoms with Crippen LogP contribution in [0.25, 0.3) is 0 Å². The largest absolute Gasteiger partial charge is 0.375 e. The van der Waals surface area contributed by atoms with Crippen molar-refractivity contribution in [1.29, 1.82) is 0 Å². The summed E-state index contributed by atoms with van der Waals surface area (Å²) >= 11 is 5.82. The summed E-state index contributed by atoms with van der Waals surface area (Å²) in [6.07, 6.45) is 6.82. The van der Waals surface area contributed by atoms with Crippen LogP contribution >= 0.6 is 11.6 Å². The van der Waals surface area contributed by atoms with E-state index in [9.17, 15) is 0 Å². The molecule has 1 aliphatic carbocycles. The fourth-order valence-corrected chi connectivity index (χ4v) is 2.27. The van der Waals surface area contributed by atoms with Gasteiger partial charge in [-0.05, 0) is 36.8 Å². The summed E-state index contributed by atoms with van der Waals surface area (Å²) in [7, 11) is 0. The van der Waals surface area contributed by atoms with Gasteiger partial charge in [0, 0.05) is 0 Å². The van der Waals surface area contributed by atoms with Crippen molar-refractivity contribution >= 4 is 11.6 Å². The lowest BCUT2D eigenvalue weighted by atomic mass is 9.85. The molecule has 1 aromatic heterocycles. The minimum absolute atomic E-state index is 0.528. The molecule has 0 fully saturated rings. The average Bonchev–Trinajstić information content (AvgIpc) is 2.32. The first-order chi connectivity index (χ1) is 8.25. The Morgan fingerprint density at radius 1 is 1.35 bits per heavy atom. The standard InChI is InChI=1S/C14H18ClNO/c1-11-5-2-3-6-12(11)9-17-10-13-7-4-8-14(15)16-13/h2-4,7-8,11-12H,5-6,9-10H2,1H3. The second-order valence-electron chi connectivity index (χ2n) is 4.65. The summed E-state index contributed by atoms with van der Waals surface area (Å²) < 4.78 is 5.73. The van der Waals surface area contributed by atoms with Gasteiger partial charge in [-0.15, -0.1) is 0 Å². The molecule has 92 valence electrons. The molecule has 0 aromatic carbocycles. The Morgan fingerprint density at radius 3 is 2.94 bits per heavy atom. The Kier molecular flexibility index (Phi) is 4.57. The molecule has 0 saturated carbocycles. The molecule has 1 aromatic rings. The second kappa shape index (κ2) is 6.18. The Labute approximate surface area is 108 Å². The summed E-state index contributed by atoms with van der Waals surface area (Å²) in [6, 6.07) is 5.62. The molecule has 3 heteroatoms. The molecule has 0 bridgehead atoms. The lowest BCUT2D eigenvalue weighted by Gasteiger charge is -2.24. The third-order valence-corrected chi connectivity index (χ3v) is 3.48. The van der Waals surface area contributed by atoms with Gasteiger partial charge in [0.25, 0.3) is 0 Å². The molecule has 0 radical (unpaired) electrons. The van der Waals surface area contributed by atoms with Crippen LogP contribution in [0.5, 0.6) is 0 Å². The number of rotatable bonds is 4. The molecule has 2 atom stereocenters. The normalized spacial score (nSPS) is 23.9. The van der Waals surface area contributed by atoms with E-state index in [0.29, 0.717) is 23.6 Å². The Bertz CT molecular complexity index is 392. The fourth-order valence-electron chi connectivity index (χ4n) is 2.08. The number of hydrogen-bond donors (Lipinski definition) is 0. The van der Waals surface area contributed by atoms with E-state index in [-0.39, 0.29) is 0 Å². The van der Waals surface area contributed by atoms with Gasteiger partial charge in [-0.1, -0.05) is 36.7 Å². The number of aromatic nitrogens is 1. The molecular formula is C14H18ClNO. The maximum atomic E-state index is 5.82. The fraction of sp³-hybridized carbons (Fsp3) is 0.500. The van der Waals surface area contributed by atoms with Crippen LogP contribution in [0.2, 0.25) is 5.15 Å². The van der Waals surface area contributed by atoms with E-state index in [1.165, 1.54) is 6.42 Å². The van der Waals surface area contributed by atoms with E-state index < -0.39 is 0 Å². The molecular weight excluding hydrogens is 234 g/mol. The van der Waals surface area contributed by atoms with E-state index >= 15 is 0 Å². The lowest BCUT2D eigenvalue weighted by Crippen LogP contribution is -2.19. The summed E-state index contributed by atoms with van der Waals surface area (Å²) in [6.45, 7) is 3.64. The third kappa shape index (κ3) is 3.83. The van der Waals surface area contributed by atoms with Gasteiger partial charge in [0.2, 0.25) is 0 Å². The monoisotopic (exact) mass is 251 g/mol. The highest BCUT2D eigenvalue weighted by Gasteiger charge is 2.18. The van der Waals surface area contributed by atoms with Crippen LogP contribution in [0.4, 0.5) is 0 Å². The van der Waals surface area contributed by atoms with E-state index in [1.54, 1.807) is 6.07 Å². The summed E-state index contributed by atoms with van der Waals surface area (Å²) in [5.74, 6) is 1.35. The second-order valence-corrected chi connectivity index (χ2v) is 5.03. The third-order valence-electron chi connectivity index (χ3n) is 3.27. The maximum Gasteiger partial charge on any atom is 0.129 e. The predicted octanol–water partition coefficient (Wildman–Crippen LogP) is 3.85. The van der Waals surface area contributed by atoms with Crippen LogP contribution in [-0.2, 0) is 11.3 Å². The molecule has 0 spiro atoms. The summed E-state index contributed by atoms with van der Waals surface area (Å²) in [5.41, 5.74) is 0.900. The van der Waals surface area contributed by atoms with Crippen LogP contribution in [0.3, 0.4) is 0 Å². The van der Waals surface area contributed by atoms with Gasteiger partial charge in [0.15, 0.2) is 0 Å².